The zero-order valence-corrected chi connectivity index (χ0v) is 30.2. The highest BCUT2D eigenvalue weighted by molar-refractivity contribution is 5.97. The van der Waals surface area contributed by atoms with E-state index in [1.165, 1.54) is 16.7 Å². The molecule has 2 aromatic heterocycles. The minimum Gasteiger partial charge on any atom is -0.507 e. The Kier molecular flexibility index (Phi) is 8.57. The second-order valence-corrected chi connectivity index (χ2v) is 15.8. The van der Waals surface area contributed by atoms with Crippen LogP contribution in [0.25, 0.3) is 50.5 Å². The molecule has 1 N–H and O–H groups in total. The Bertz CT molecular complexity index is 2080. The monoisotopic (exact) mass is 635 g/mol. The molecule has 4 nitrogen and oxygen atoms in total. The van der Waals surface area contributed by atoms with Crippen LogP contribution in [0.15, 0.2) is 97.2 Å². The quantitative estimate of drug-likeness (QED) is 0.198. The summed E-state index contributed by atoms with van der Waals surface area (Å²) in [6.45, 7) is 22.2. The Hall–Kier alpha value is -4.70. The number of phenolic OH excluding ortho intramolecular Hbond substituents is 1. The van der Waals surface area contributed by atoms with Crippen molar-refractivity contribution in [2.24, 2.45) is 0 Å². The number of aromatic hydroxyl groups is 1. The van der Waals surface area contributed by atoms with Crippen LogP contribution in [0.1, 0.15) is 103 Å². The van der Waals surface area contributed by atoms with Gasteiger partial charge in [-0.15, -0.1) is 0 Å². The Labute approximate surface area is 286 Å². The first-order valence-corrected chi connectivity index (χ1v) is 17.2. The van der Waals surface area contributed by atoms with Gasteiger partial charge in [0, 0.05) is 17.3 Å². The summed E-state index contributed by atoms with van der Waals surface area (Å²) < 4.78 is 2.32. The summed E-state index contributed by atoms with van der Waals surface area (Å²) in [7, 11) is 0. The number of phenols is 1. The van der Waals surface area contributed by atoms with E-state index in [9.17, 15) is 5.11 Å². The topological polar surface area (TPSA) is 50.9 Å². The van der Waals surface area contributed by atoms with Gasteiger partial charge in [-0.2, -0.15) is 0 Å². The van der Waals surface area contributed by atoms with Crippen LogP contribution in [-0.2, 0) is 10.8 Å². The molecule has 0 spiro atoms. The minimum atomic E-state index is -0.240. The molecule has 0 saturated heterocycles. The van der Waals surface area contributed by atoms with Crippen LogP contribution in [0.5, 0.6) is 5.75 Å². The van der Waals surface area contributed by atoms with Crippen LogP contribution >= 0.6 is 0 Å². The number of aromatic nitrogens is 3. The van der Waals surface area contributed by atoms with E-state index < -0.39 is 0 Å². The third-order valence-corrected chi connectivity index (χ3v) is 9.41. The van der Waals surface area contributed by atoms with E-state index in [0.29, 0.717) is 0 Å². The molecule has 0 bridgehead atoms. The fourth-order valence-electron chi connectivity index (χ4n) is 6.74. The molecule has 4 aromatic carbocycles. The number of hydrogen-bond donors (Lipinski definition) is 1. The molecule has 6 rings (SSSR count). The fraction of sp³-hybridized carbons (Fsp3) is 0.318. The van der Waals surface area contributed by atoms with E-state index in [1.807, 2.05) is 36.5 Å². The smallest absolute Gasteiger partial charge is 0.149 e. The van der Waals surface area contributed by atoms with Crippen molar-refractivity contribution in [3.8, 4) is 45.2 Å². The lowest BCUT2D eigenvalue weighted by Crippen LogP contribution is -2.12. The summed E-state index contributed by atoms with van der Waals surface area (Å²) in [5.41, 5.74) is 12.3. The van der Waals surface area contributed by atoms with Crippen molar-refractivity contribution in [2.45, 2.75) is 91.9 Å². The molecule has 2 heterocycles. The molecule has 0 aliphatic heterocycles. The second-order valence-electron chi connectivity index (χ2n) is 15.8. The number of rotatable bonds is 6. The molecule has 0 aliphatic rings. The molecular weight excluding hydrogens is 587 g/mol. The van der Waals surface area contributed by atoms with Crippen LogP contribution in [0.2, 0.25) is 0 Å². The fourth-order valence-corrected chi connectivity index (χ4v) is 6.74. The van der Waals surface area contributed by atoms with Gasteiger partial charge in [-0.1, -0.05) is 124 Å². The normalized spacial score (nSPS) is 12.4. The predicted octanol–water partition coefficient (Wildman–Crippen LogP) is 12.0. The third-order valence-electron chi connectivity index (χ3n) is 9.41. The first-order valence-electron chi connectivity index (χ1n) is 17.2. The van der Waals surface area contributed by atoms with Gasteiger partial charge < -0.3 is 5.11 Å². The molecule has 0 saturated carbocycles. The average molecular weight is 636 g/mol. The van der Waals surface area contributed by atoms with Gasteiger partial charge in [-0.3, -0.25) is 9.55 Å². The van der Waals surface area contributed by atoms with Crippen LogP contribution in [0.4, 0.5) is 0 Å². The van der Waals surface area contributed by atoms with E-state index in [-0.39, 0.29) is 28.4 Å². The standard InChI is InChI=1S/C44H49N3O/c1-27(2)32-16-13-17-33(28(3)4)40(32)47-38-22-15-18-34(39(38)46-42(47)35-19-14-20-36(41(35)48)44(8,9)10)29-24-30(37-21-11-12-23-45-37)26-31(25-29)43(5,6)7/h11-28,48H,1-10H3. The average Bonchev–Trinajstić information content (AvgIpc) is 3.42. The van der Waals surface area contributed by atoms with Crippen LogP contribution < -0.4 is 0 Å². The molecule has 0 radical (unpaired) electrons. The molecule has 48 heavy (non-hydrogen) atoms. The van der Waals surface area contributed by atoms with Crippen molar-refractivity contribution in [1.82, 2.24) is 14.5 Å². The van der Waals surface area contributed by atoms with Crippen molar-refractivity contribution in [2.75, 3.05) is 0 Å². The van der Waals surface area contributed by atoms with Crippen LogP contribution in [0, 0.1) is 0 Å². The molecule has 0 atom stereocenters. The minimum absolute atomic E-state index is 0.0699. The first kappa shape index (κ1) is 33.2. The lowest BCUT2D eigenvalue weighted by molar-refractivity contribution is 0.448. The number of para-hydroxylation sites is 3. The lowest BCUT2D eigenvalue weighted by atomic mass is 9.83. The van der Waals surface area contributed by atoms with Gasteiger partial charge in [0.2, 0.25) is 0 Å². The van der Waals surface area contributed by atoms with E-state index >= 15 is 0 Å². The van der Waals surface area contributed by atoms with E-state index in [1.54, 1.807) is 0 Å². The Morgan fingerprint density at radius 1 is 0.646 bits per heavy atom. The first-order chi connectivity index (χ1) is 22.7. The van der Waals surface area contributed by atoms with E-state index in [2.05, 4.69) is 134 Å². The number of pyridine rings is 1. The Morgan fingerprint density at radius 3 is 1.88 bits per heavy atom. The van der Waals surface area contributed by atoms with Gasteiger partial charge in [-0.25, -0.2) is 4.98 Å². The molecule has 246 valence electrons. The van der Waals surface area contributed by atoms with E-state index in [4.69, 9.17) is 9.97 Å². The molecule has 0 aliphatic carbocycles. The van der Waals surface area contributed by atoms with Crippen molar-refractivity contribution in [3.63, 3.8) is 0 Å². The number of fused-ring (bicyclic) bond motifs is 1. The number of hydrogen-bond acceptors (Lipinski definition) is 3. The number of nitrogens with zero attached hydrogens (tertiary/aromatic N) is 3. The highest BCUT2D eigenvalue weighted by atomic mass is 16.3. The van der Waals surface area contributed by atoms with Gasteiger partial charge in [0.05, 0.1) is 28.0 Å². The maximum atomic E-state index is 11.9. The van der Waals surface area contributed by atoms with Crippen molar-refractivity contribution >= 4 is 11.0 Å². The molecule has 6 aromatic rings. The highest BCUT2D eigenvalue weighted by Crippen LogP contribution is 2.44. The molecule has 4 heteroatoms. The summed E-state index contributed by atoms with van der Waals surface area (Å²) in [4.78, 5) is 10.2. The van der Waals surface area contributed by atoms with Crippen molar-refractivity contribution in [1.29, 1.82) is 0 Å². The molecule has 0 fully saturated rings. The third kappa shape index (κ3) is 6.05. The zero-order valence-electron chi connectivity index (χ0n) is 30.2. The van der Waals surface area contributed by atoms with Gasteiger partial charge in [-0.05, 0) is 86.9 Å². The van der Waals surface area contributed by atoms with Crippen LogP contribution in [0.3, 0.4) is 0 Å². The largest absolute Gasteiger partial charge is 0.507 e. The van der Waals surface area contributed by atoms with Crippen LogP contribution in [-0.4, -0.2) is 19.6 Å². The number of imidazole rings is 1. The van der Waals surface area contributed by atoms with Crippen molar-refractivity contribution < 1.29 is 5.11 Å². The second kappa shape index (κ2) is 12.4. The summed E-state index contributed by atoms with van der Waals surface area (Å²) in [5.74, 6) is 1.59. The SMILES string of the molecule is CC(C)c1cccc(C(C)C)c1-n1c(-c2cccc(C(C)(C)C)c2O)nc2c(-c3cc(-c4ccccn4)cc(C(C)(C)C)c3)cccc21. The summed E-state index contributed by atoms with van der Waals surface area (Å²) in [6.07, 6.45) is 1.85. The zero-order chi connectivity index (χ0) is 34.5. The van der Waals surface area contributed by atoms with Gasteiger partial charge in [0.25, 0.3) is 0 Å². The molecular formula is C44H49N3O. The lowest BCUT2D eigenvalue weighted by Gasteiger charge is -2.24. The highest BCUT2D eigenvalue weighted by Gasteiger charge is 2.28. The van der Waals surface area contributed by atoms with Gasteiger partial charge >= 0.3 is 0 Å². The number of benzene rings is 4. The van der Waals surface area contributed by atoms with E-state index in [0.717, 1.165) is 56.1 Å². The van der Waals surface area contributed by atoms with Gasteiger partial charge in [0.15, 0.2) is 0 Å². The maximum absolute atomic E-state index is 11.9. The van der Waals surface area contributed by atoms with Crippen molar-refractivity contribution in [3.05, 3.63) is 119 Å². The Balaban J connectivity index is 1.75. The summed E-state index contributed by atoms with van der Waals surface area (Å²) in [5, 5.41) is 11.9. The molecule has 0 unspecified atom stereocenters. The predicted molar refractivity (Wildman–Crippen MR) is 202 cm³/mol. The summed E-state index contributed by atoms with van der Waals surface area (Å²) >= 11 is 0. The Morgan fingerprint density at radius 2 is 1.27 bits per heavy atom. The summed E-state index contributed by atoms with van der Waals surface area (Å²) in [6, 6.07) is 32.1. The molecule has 0 amide bonds. The maximum Gasteiger partial charge on any atom is 0.149 e. The van der Waals surface area contributed by atoms with Gasteiger partial charge in [0.1, 0.15) is 11.6 Å².